The predicted octanol–water partition coefficient (Wildman–Crippen LogP) is 2.25. The fourth-order valence-electron chi connectivity index (χ4n) is 11.6. The van der Waals surface area contributed by atoms with Gasteiger partial charge in [-0.15, -0.1) is 0 Å². The van der Waals surface area contributed by atoms with Crippen molar-refractivity contribution < 1.29 is 58.8 Å². The second kappa shape index (κ2) is 13.5. The average Bonchev–Trinajstić information content (AvgIpc) is 3.83. The van der Waals surface area contributed by atoms with E-state index in [0.29, 0.717) is 36.9 Å². The Labute approximate surface area is 303 Å². The molecule has 2 saturated heterocycles. The van der Waals surface area contributed by atoms with Gasteiger partial charge in [0.15, 0.2) is 6.29 Å². The summed E-state index contributed by atoms with van der Waals surface area (Å²) in [6.07, 6.45) is 2.36. The van der Waals surface area contributed by atoms with Gasteiger partial charge in [-0.3, -0.25) is 4.79 Å². The number of aliphatic hydroxyl groups excluding tert-OH is 4. The third kappa shape index (κ3) is 5.52. The van der Waals surface area contributed by atoms with Crippen molar-refractivity contribution in [1.82, 2.24) is 4.90 Å². The Balaban J connectivity index is 0.997. The Morgan fingerprint density at radius 2 is 1.85 bits per heavy atom. The van der Waals surface area contributed by atoms with Crippen LogP contribution >= 0.6 is 0 Å². The van der Waals surface area contributed by atoms with Crippen LogP contribution in [0.1, 0.15) is 58.8 Å². The van der Waals surface area contributed by atoms with Gasteiger partial charge in [-0.2, -0.15) is 0 Å². The van der Waals surface area contributed by atoms with Crippen molar-refractivity contribution in [2.75, 3.05) is 40.0 Å². The van der Waals surface area contributed by atoms with E-state index in [-0.39, 0.29) is 47.4 Å². The summed E-state index contributed by atoms with van der Waals surface area (Å²) in [5, 5.41) is 52.3. The van der Waals surface area contributed by atoms with E-state index in [1.165, 1.54) is 11.1 Å². The Morgan fingerprint density at radius 3 is 2.56 bits per heavy atom. The lowest BCUT2D eigenvalue weighted by Gasteiger charge is -2.59. The number of ether oxygens (including phenoxy) is 5. The topological polar surface area (TPSA) is 185 Å². The molecule has 2 bridgehead atoms. The molecule has 0 radical (unpaired) electrons. The van der Waals surface area contributed by atoms with Crippen LogP contribution in [-0.2, 0) is 33.3 Å². The largest absolute Gasteiger partial charge is 0.497 e. The molecule has 1 saturated carbocycles. The van der Waals surface area contributed by atoms with Crippen molar-refractivity contribution >= 4 is 11.9 Å². The van der Waals surface area contributed by atoms with Gasteiger partial charge < -0.3 is 54.1 Å². The highest BCUT2D eigenvalue weighted by atomic mass is 16.8. The van der Waals surface area contributed by atoms with Crippen LogP contribution in [0.4, 0.5) is 0 Å². The maximum absolute atomic E-state index is 14.2. The molecule has 0 aromatic rings. The first-order valence-electron chi connectivity index (χ1n) is 19.0. The quantitative estimate of drug-likeness (QED) is 0.181. The van der Waals surface area contributed by atoms with Crippen LogP contribution in [0.25, 0.3) is 0 Å². The third-order valence-corrected chi connectivity index (χ3v) is 14.0. The van der Waals surface area contributed by atoms with E-state index in [0.717, 1.165) is 57.2 Å². The van der Waals surface area contributed by atoms with Gasteiger partial charge >= 0.3 is 11.9 Å². The first kappa shape index (κ1) is 36.2. The van der Waals surface area contributed by atoms with Crippen molar-refractivity contribution in [3.63, 3.8) is 0 Å². The number of aliphatic carboxylic acids is 1. The standard InChI is InChI=1S/C39H53NO12/c1-19(2)27-10-11-38(18-50-27)22-7-4-20-5-9-24-25(12-39(38,30(20)24)17-40(3)13-22)35(47)48-16-28-31(42)32(43)33(44)37(51-28)52-36-29-21(14-41)6-8-23(29)26(15-49-36)34(45)46/h6,10,15,19,22-25,28-29,31-33,36-37,41-44H,4-5,7-9,11-14,16-18H2,1-3H3,(H,45,46)/t22-,23+,24+,25+,28+,29+,31+,32-,33+,36-,37-,38?,39-/m0/s1. The number of allylic oxidation sites excluding steroid dienone is 4. The number of nitrogens with zero attached hydrogens (tertiary/aromatic N) is 1. The highest BCUT2D eigenvalue weighted by Crippen LogP contribution is 2.71. The summed E-state index contributed by atoms with van der Waals surface area (Å²) in [4.78, 5) is 28.5. The summed E-state index contributed by atoms with van der Waals surface area (Å²) in [5.41, 5.74) is 3.22. The Hall–Kier alpha value is -2.78. The molecule has 0 aromatic heterocycles. The van der Waals surface area contributed by atoms with Crippen LogP contribution in [0.3, 0.4) is 0 Å². The van der Waals surface area contributed by atoms with Crippen LogP contribution in [0.5, 0.6) is 0 Å². The highest BCUT2D eigenvalue weighted by Gasteiger charge is 2.69. The number of fused-ring (bicyclic) bond motifs is 1. The maximum atomic E-state index is 14.2. The molecule has 2 spiro atoms. The van der Waals surface area contributed by atoms with E-state index in [4.69, 9.17) is 23.7 Å². The summed E-state index contributed by atoms with van der Waals surface area (Å²) in [6.45, 7) is 6.14. The molecule has 52 heavy (non-hydrogen) atoms. The molecule has 3 fully saturated rings. The molecule has 13 heteroatoms. The van der Waals surface area contributed by atoms with Crippen molar-refractivity contribution in [2.24, 2.45) is 46.3 Å². The lowest BCUT2D eigenvalue weighted by atomic mass is 9.51. The van der Waals surface area contributed by atoms with Gasteiger partial charge in [0.1, 0.15) is 31.0 Å². The number of carbonyl (C=O) groups is 2. The van der Waals surface area contributed by atoms with E-state index in [1.807, 2.05) is 0 Å². The highest BCUT2D eigenvalue weighted by molar-refractivity contribution is 5.87. The van der Waals surface area contributed by atoms with Crippen molar-refractivity contribution in [3.05, 3.63) is 46.5 Å². The SMILES string of the molecule is CC(C)C1=CCC2(CO1)[C@H]1CCC3=C4[C@H](CC3)[C@H](C(=O)OC[C@H]3O[C@@H](O[C@@H]5OC=C(C(=O)O)[C@H]6CC=C(CO)[C@@H]56)[C@H](O)[C@@H](O)[C@@H]3O)C[C@]42CN(C)C1. The second-order valence-electron chi connectivity index (χ2n) is 16.9. The zero-order chi connectivity index (χ0) is 36.7. The van der Waals surface area contributed by atoms with Gasteiger partial charge in [0.05, 0.1) is 42.6 Å². The number of rotatable bonds is 8. The summed E-state index contributed by atoms with van der Waals surface area (Å²) in [5.74, 6) is -1.19. The Bertz CT molecular complexity index is 1590. The number of aliphatic hydroxyl groups is 4. The van der Waals surface area contributed by atoms with E-state index in [2.05, 4.69) is 31.9 Å². The van der Waals surface area contributed by atoms with Crippen LogP contribution in [-0.4, -0.2) is 119 Å². The molecule has 0 amide bonds. The number of piperidine rings is 1. The number of hydrogen-bond acceptors (Lipinski definition) is 12. The molecule has 4 aliphatic carbocycles. The average molecular weight is 728 g/mol. The minimum absolute atomic E-state index is 0.0380. The van der Waals surface area contributed by atoms with Crippen LogP contribution in [0.15, 0.2) is 46.5 Å². The van der Waals surface area contributed by atoms with E-state index >= 15 is 0 Å². The third-order valence-electron chi connectivity index (χ3n) is 14.0. The summed E-state index contributed by atoms with van der Waals surface area (Å²) < 4.78 is 30.2. The zero-order valence-corrected chi connectivity index (χ0v) is 30.2. The van der Waals surface area contributed by atoms with Gasteiger partial charge in [-0.1, -0.05) is 31.1 Å². The number of carbonyl (C=O) groups excluding carboxylic acids is 1. The minimum atomic E-state index is -1.69. The number of carboxylic acid groups (broad SMARTS) is 1. The Morgan fingerprint density at radius 1 is 1.06 bits per heavy atom. The van der Waals surface area contributed by atoms with Crippen molar-refractivity contribution in [1.29, 1.82) is 0 Å². The van der Waals surface area contributed by atoms with Crippen LogP contribution in [0, 0.1) is 46.3 Å². The fraction of sp³-hybridized carbons (Fsp3) is 0.744. The van der Waals surface area contributed by atoms with Gasteiger partial charge in [0.25, 0.3) is 0 Å². The smallest absolute Gasteiger partial charge is 0.335 e. The number of carboxylic acids is 1. The molecule has 13 nitrogen and oxygen atoms in total. The molecule has 5 N–H and O–H groups in total. The zero-order valence-electron chi connectivity index (χ0n) is 30.2. The lowest BCUT2D eigenvalue weighted by Crippen LogP contribution is -2.61. The van der Waals surface area contributed by atoms with E-state index in [9.17, 15) is 35.1 Å². The summed E-state index contributed by atoms with van der Waals surface area (Å²) in [7, 11) is 2.19. The monoisotopic (exact) mass is 727 g/mol. The van der Waals surface area contributed by atoms with E-state index in [1.54, 1.807) is 6.08 Å². The van der Waals surface area contributed by atoms with Crippen molar-refractivity contribution in [3.8, 4) is 0 Å². The first-order valence-corrected chi connectivity index (χ1v) is 19.0. The molecule has 8 aliphatic rings. The van der Waals surface area contributed by atoms with Gasteiger partial charge in [-0.25, -0.2) is 4.79 Å². The molecule has 13 atom stereocenters. The number of esters is 1. The number of hydrogen-bond donors (Lipinski definition) is 5. The summed E-state index contributed by atoms with van der Waals surface area (Å²) in [6, 6.07) is 0. The van der Waals surface area contributed by atoms with Gasteiger partial charge in [0.2, 0.25) is 6.29 Å². The molecule has 4 aliphatic heterocycles. The summed E-state index contributed by atoms with van der Waals surface area (Å²) >= 11 is 0. The maximum Gasteiger partial charge on any atom is 0.335 e. The first-order chi connectivity index (χ1) is 24.9. The second-order valence-corrected chi connectivity index (χ2v) is 16.9. The molecule has 286 valence electrons. The molecular weight excluding hydrogens is 674 g/mol. The normalized spacial score (nSPS) is 43.9. The lowest BCUT2D eigenvalue weighted by molar-refractivity contribution is -0.340. The van der Waals surface area contributed by atoms with Crippen molar-refractivity contribution in [2.45, 2.75) is 95.8 Å². The van der Waals surface area contributed by atoms with E-state index < -0.39 is 54.8 Å². The van der Waals surface area contributed by atoms with Crippen LogP contribution in [0.2, 0.25) is 0 Å². The fourth-order valence-corrected chi connectivity index (χ4v) is 11.6. The minimum Gasteiger partial charge on any atom is -0.497 e. The predicted molar refractivity (Wildman–Crippen MR) is 183 cm³/mol. The van der Waals surface area contributed by atoms with Gasteiger partial charge in [-0.05, 0) is 75.5 Å². The molecule has 1 unspecified atom stereocenters. The molecule has 8 rings (SSSR count). The molecule has 0 aromatic carbocycles. The van der Waals surface area contributed by atoms with Crippen LogP contribution < -0.4 is 0 Å². The van der Waals surface area contributed by atoms with Gasteiger partial charge in [0, 0.05) is 35.8 Å². The molecular formula is C39H53NO12. The molecule has 4 heterocycles. The Kier molecular flexibility index (Phi) is 9.41. The number of likely N-dealkylation sites (tertiary alicyclic amines) is 1.